The van der Waals surface area contributed by atoms with Crippen LogP contribution in [0.4, 0.5) is 0 Å². The number of imide groups is 1. The normalized spacial score (nSPS) is 13.6. The molecule has 0 atom stereocenters. The molecular formula is C33H37NO6. The summed E-state index contributed by atoms with van der Waals surface area (Å²) in [6, 6.07) is 27.0. The molecule has 1 fully saturated rings. The molecule has 0 saturated carbocycles. The Morgan fingerprint density at radius 3 is 1.68 bits per heavy atom. The van der Waals surface area contributed by atoms with Crippen LogP contribution in [0.15, 0.2) is 84.9 Å². The number of aliphatic hydroxyl groups is 1. The summed E-state index contributed by atoms with van der Waals surface area (Å²) in [5, 5.41) is 9.51. The molecule has 3 aromatic rings. The van der Waals surface area contributed by atoms with E-state index >= 15 is 0 Å². The molecule has 2 amide bonds. The molecule has 4 rings (SSSR count). The van der Waals surface area contributed by atoms with Crippen molar-refractivity contribution in [3.8, 4) is 0 Å². The Kier molecular flexibility index (Phi) is 10.6. The molecule has 0 bridgehead atoms. The summed E-state index contributed by atoms with van der Waals surface area (Å²) in [4.78, 5) is 41.6. The molecule has 40 heavy (non-hydrogen) atoms. The lowest BCUT2D eigenvalue weighted by Gasteiger charge is -2.36. The fourth-order valence-electron chi connectivity index (χ4n) is 5.05. The number of ether oxygens (including phenoxy) is 1. The minimum Gasteiger partial charge on any atom is -0.396 e. The smallest absolute Gasteiger partial charge is 0.363 e. The highest BCUT2D eigenvalue weighted by atomic mass is 16.7. The van der Waals surface area contributed by atoms with Gasteiger partial charge < -0.3 is 14.7 Å². The van der Waals surface area contributed by atoms with E-state index < -0.39 is 23.4 Å². The lowest BCUT2D eigenvalue weighted by Crippen LogP contribution is -2.34. The van der Waals surface area contributed by atoms with Crippen molar-refractivity contribution < 1.29 is 29.1 Å². The van der Waals surface area contributed by atoms with Crippen molar-refractivity contribution in [2.75, 3.05) is 13.2 Å². The van der Waals surface area contributed by atoms with Crippen molar-refractivity contribution in [2.45, 2.75) is 63.4 Å². The quantitative estimate of drug-likeness (QED) is 0.145. The minimum absolute atomic E-state index is 0.0444. The van der Waals surface area contributed by atoms with Crippen LogP contribution >= 0.6 is 0 Å². The Bertz CT molecular complexity index is 1190. The summed E-state index contributed by atoms with van der Waals surface area (Å²) in [7, 11) is 0. The van der Waals surface area contributed by atoms with Crippen molar-refractivity contribution in [1.29, 1.82) is 0 Å². The molecule has 1 saturated heterocycles. The molecule has 7 heteroatoms. The number of hydroxylamine groups is 2. The number of carbonyl (C=O) groups excluding carboxylic acids is 3. The van der Waals surface area contributed by atoms with Gasteiger partial charge in [-0.1, -0.05) is 105 Å². The van der Waals surface area contributed by atoms with Crippen molar-refractivity contribution >= 4 is 17.8 Å². The number of amides is 2. The summed E-state index contributed by atoms with van der Waals surface area (Å²) >= 11 is 0. The second kappa shape index (κ2) is 14.5. The Morgan fingerprint density at radius 2 is 1.15 bits per heavy atom. The number of hydrogen-bond acceptors (Lipinski definition) is 6. The first-order chi connectivity index (χ1) is 19.6. The van der Waals surface area contributed by atoms with Crippen LogP contribution in [0.3, 0.4) is 0 Å². The maximum Gasteiger partial charge on any atom is 0.363 e. The number of hydrogen-bond donors (Lipinski definition) is 1. The molecule has 3 aromatic carbocycles. The maximum atomic E-state index is 12.7. The van der Waals surface area contributed by atoms with Gasteiger partial charge in [0.05, 0.1) is 5.56 Å². The third kappa shape index (κ3) is 7.03. The van der Waals surface area contributed by atoms with Gasteiger partial charge in [-0.15, -0.1) is 5.06 Å². The predicted octanol–water partition coefficient (Wildman–Crippen LogP) is 5.94. The Balaban J connectivity index is 1.56. The van der Waals surface area contributed by atoms with Gasteiger partial charge in [0.2, 0.25) is 0 Å². The first-order valence-corrected chi connectivity index (χ1v) is 14.1. The van der Waals surface area contributed by atoms with E-state index in [1.54, 1.807) is 12.1 Å². The summed E-state index contributed by atoms with van der Waals surface area (Å²) < 4.78 is 6.82. The molecule has 0 radical (unpaired) electrons. The molecule has 7 nitrogen and oxygen atoms in total. The zero-order valence-corrected chi connectivity index (χ0v) is 22.8. The van der Waals surface area contributed by atoms with E-state index in [2.05, 4.69) is 0 Å². The Labute approximate surface area is 235 Å². The molecule has 0 spiro atoms. The molecule has 0 aliphatic carbocycles. The Hall–Kier alpha value is -3.81. The number of aliphatic hydroxyl groups excluding tert-OH is 1. The van der Waals surface area contributed by atoms with Crippen LogP contribution in [0.1, 0.15) is 84.8 Å². The Morgan fingerprint density at radius 1 is 0.675 bits per heavy atom. The molecule has 1 N–H and O–H groups in total. The molecule has 0 unspecified atom stereocenters. The van der Waals surface area contributed by atoms with E-state index in [4.69, 9.17) is 14.7 Å². The fraction of sp³-hybridized carbons (Fsp3) is 0.364. The molecular weight excluding hydrogens is 506 g/mol. The molecule has 0 aromatic heterocycles. The predicted molar refractivity (Wildman–Crippen MR) is 151 cm³/mol. The number of unbranched alkanes of at least 4 members (excludes halogenated alkanes) is 6. The van der Waals surface area contributed by atoms with Crippen LogP contribution < -0.4 is 0 Å². The van der Waals surface area contributed by atoms with Gasteiger partial charge in [-0.2, -0.15) is 0 Å². The van der Waals surface area contributed by atoms with Crippen LogP contribution in [-0.4, -0.2) is 41.2 Å². The highest BCUT2D eigenvalue weighted by molar-refractivity contribution is 6.02. The van der Waals surface area contributed by atoms with Crippen LogP contribution in [-0.2, 0) is 24.8 Å². The second-order valence-electron chi connectivity index (χ2n) is 10.00. The largest absolute Gasteiger partial charge is 0.396 e. The third-order valence-corrected chi connectivity index (χ3v) is 7.19. The minimum atomic E-state index is -0.910. The zero-order chi connectivity index (χ0) is 28.2. The first-order valence-electron chi connectivity index (χ1n) is 14.1. The van der Waals surface area contributed by atoms with E-state index in [0.717, 1.165) is 61.6 Å². The van der Waals surface area contributed by atoms with Gasteiger partial charge in [-0.3, -0.25) is 9.59 Å². The first kappa shape index (κ1) is 29.2. The van der Waals surface area contributed by atoms with Crippen molar-refractivity contribution in [1.82, 2.24) is 5.06 Å². The molecule has 1 aliphatic heterocycles. The third-order valence-electron chi connectivity index (χ3n) is 7.19. The van der Waals surface area contributed by atoms with Crippen LogP contribution in [0.2, 0.25) is 0 Å². The monoisotopic (exact) mass is 543 g/mol. The fourth-order valence-corrected chi connectivity index (χ4v) is 5.05. The topological polar surface area (TPSA) is 93.1 Å². The highest BCUT2D eigenvalue weighted by Crippen LogP contribution is 2.41. The number of rotatable bonds is 15. The number of nitrogens with zero attached hydrogens (tertiary/aromatic N) is 1. The van der Waals surface area contributed by atoms with Crippen molar-refractivity contribution in [3.63, 3.8) is 0 Å². The van der Waals surface area contributed by atoms with Crippen LogP contribution in [0.5, 0.6) is 0 Å². The van der Waals surface area contributed by atoms with Gasteiger partial charge in [-0.05, 0) is 41.7 Å². The van der Waals surface area contributed by atoms with E-state index in [1.165, 1.54) is 0 Å². The van der Waals surface area contributed by atoms with Gasteiger partial charge in [-0.25, -0.2) is 4.79 Å². The van der Waals surface area contributed by atoms with Crippen LogP contribution in [0, 0.1) is 0 Å². The average molecular weight is 544 g/mol. The zero-order valence-electron chi connectivity index (χ0n) is 22.8. The van der Waals surface area contributed by atoms with Crippen molar-refractivity contribution in [3.05, 3.63) is 107 Å². The van der Waals surface area contributed by atoms with Crippen LogP contribution in [0.25, 0.3) is 0 Å². The van der Waals surface area contributed by atoms with E-state index in [9.17, 15) is 14.4 Å². The van der Waals surface area contributed by atoms with Crippen molar-refractivity contribution in [2.24, 2.45) is 0 Å². The average Bonchev–Trinajstić information content (AvgIpc) is 3.31. The highest BCUT2D eigenvalue weighted by Gasteiger charge is 2.38. The molecule has 210 valence electrons. The lowest BCUT2D eigenvalue weighted by molar-refractivity contribution is -0.172. The number of carbonyl (C=O) groups is 3. The van der Waals surface area contributed by atoms with Gasteiger partial charge >= 0.3 is 5.97 Å². The second-order valence-corrected chi connectivity index (χ2v) is 10.00. The van der Waals surface area contributed by atoms with E-state index in [0.29, 0.717) is 11.7 Å². The molecule has 1 heterocycles. The van der Waals surface area contributed by atoms with Gasteiger partial charge in [0, 0.05) is 26.1 Å². The summed E-state index contributed by atoms with van der Waals surface area (Å²) in [5.41, 5.74) is 2.10. The van der Waals surface area contributed by atoms with E-state index in [1.807, 2.05) is 72.8 Å². The summed E-state index contributed by atoms with van der Waals surface area (Å²) in [6.07, 6.45) is 7.38. The van der Waals surface area contributed by atoms with E-state index in [-0.39, 0.29) is 25.0 Å². The lowest BCUT2D eigenvalue weighted by atomic mass is 9.79. The standard InChI is InChI=1S/C33H37NO6/c35-24-12-4-2-1-3-5-13-25-39-33(27-14-8-6-9-15-27,28-16-10-7-11-17-28)29-20-18-26(19-21-29)32(38)40-34-30(36)22-23-31(34)37/h6-11,14-21,35H,1-5,12-13,22-25H2. The molecule has 1 aliphatic rings. The van der Waals surface area contributed by atoms with Gasteiger partial charge in [0.25, 0.3) is 11.8 Å². The number of benzene rings is 3. The van der Waals surface area contributed by atoms with Gasteiger partial charge in [0.15, 0.2) is 0 Å². The van der Waals surface area contributed by atoms with Gasteiger partial charge in [0.1, 0.15) is 5.60 Å². The SMILES string of the molecule is O=C(ON1C(=O)CCC1=O)c1ccc(C(OCCCCCCCCCO)(c2ccccc2)c2ccccc2)cc1. The summed E-state index contributed by atoms with van der Waals surface area (Å²) in [5.74, 6) is -1.79. The maximum absolute atomic E-state index is 12.7. The summed E-state index contributed by atoms with van der Waals surface area (Å²) in [6.45, 7) is 0.804.